The molecule has 1 atom stereocenters. The number of rotatable bonds is 5. The minimum Gasteiger partial charge on any atom is -0.313 e. The van der Waals surface area contributed by atoms with Crippen molar-refractivity contribution in [2.45, 2.75) is 45.6 Å². The molecule has 3 rings (SSSR count). The second-order valence-electron chi connectivity index (χ2n) is 5.79. The van der Waals surface area contributed by atoms with Gasteiger partial charge >= 0.3 is 0 Å². The fourth-order valence-electron chi connectivity index (χ4n) is 2.84. The fourth-order valence-corrected chi connectivity index (χ4v) is 2.84. The van der Waals surface area contributed by atoms with Crippen LogP contribution >= 0.6 is 0 Å². The van der Waals surface area contributed by atoms with E-state index in [1.165, 1.54) is 24.1 Å². The number of nitrogens with zero attached hydrogens (tertiary/aromatic N) is 3. The van der Waals surface area contributed by atoms with E-state index in [1.54, 1.807) is 0 Å². The fraction of sp³-hybridized carbons (Fsp3) is 0.500. The van der Waals surface area contributed by atoms with Crippen LogP contribution in [-0.2, 0) is 0 Å². The number of aryl methyl sites for hydroxylation is 1. The Balaban J connectivity index is 1.86. The van der Waals surface area contributed by atoms with Gasteiger partial charge in [-0.3, -0.25) is 4.98 Å². The van der Waals surface area contributed by atoms with E-state index in [4.69, 9.17) is 5.10 Å². The Hall–Kier alpha value is -1.68. The maximum Gasteiger partial charge on any atom is 0.0679 e. The molecule has 0 spiro atoms. The van der Waals surface area contributed by atoms with Crippen LogP contribution < -0.4 is 5.32 Å². The first-order valence-corrected chi connectivity index (χ1v) is 7.36. The number of hydrogen-bond donors (Lipinski definition) is 1. The Bertz CT molecular complexity index is 584. The molecule has 0 aliphatic heterocycles. The first-order valence-electron chi connectivity index (χ1n) is 7.36. The molecule has 0 bridgehead atoms. The molecular weight excluding hydrogens is 248 g/mol. The Kier molecular flexibility index (Phi) is 3.57. The molecule has 2 aromatic rings. The average Bonchev–Trinajstić information content (AvgIpc) is 3.23. The Morgan fingerprint density at radius 1 is 1.30 bits per heavy atom. The Labute approximate surface area is 120 Å². The summed E-state index contributed by atoms with van der Waals surface area (Å²) in [5.74, 6) is 0.492. The quantitative estimate of drug-likeness (QED) is 0.908. The van der Waals surface area contributed by atoms with Crippen LogP contribution in [0.3, 0.4) is 0 Å². The molecule has 2 aromatic heterocycles. The maximum atomic E-state index is 4.71. The predicted molar refractivity (Wildman–Crippen MR) is 80.3 cm³/mol. The standard InChI is InChI=1S/C16H22N4/c1-11(10-18-14-4-5-14)16-12(2)19-20(13(16)3)15-6-8-17-9-7-15/h6-9,11,14,18H,4-5,10H2,1-3H3. The smallest absolute Gasteiger partial charge is 0.0679 e. The molecule has 1 saturated carbocycles. The highest BCUT2D eigenvalue weighted by Gasteiger charge is 2.23. The van der Waals surface area contributed by atoms with Gasteiger partial charge in [0.1, 0.15) is 0 Å². The minimum absolute atomic E-state index is 0.492. The molecule has 106 valence electrons. The molecule has 1 N–H and O–H groups in total. The van der Waals surface area contributed by atoms with Crippen molar-refractivity contribution < 1.29 is 0 Å². The number of aromatic nitrogens is 3. The highest BCUT2D eigenvalue weighted by molar-refractivity contribution is 5.37. The summed E-state index contributed by atoms with van der Waals surface area (Å²) >= 11 is 0. The SMILES string of the molecule is Cc1nn(-c2ccncc2)c(C)c1C(C)CNC1CC1. The molecule has 1 unspecified atom stereocenters. The van der Waals surface area contributed by atoms with Gasteiger partial charge in [0.15, 0.2) is 0 Å². The molecule has 0 aromatic carbocycles. The van der Waals surface area contributed by atoms with Gasteiger partial charge in [0.05, 0.1) is 11.4 Å². The molecule has 20 heavy (non-hydrogen) atoms. The highest BCUT2D eigenvalue weighted by Crippen LogP contribution is 2.26. The number of pyridine rings is 1. The summed E-state index contributed by atoms with van der Waals surface area (Å²) in [7, 11) is 0. The second kappa shape index (κ2) is 5.37. The molecule has 2 heterocycles. The van der Waals surface area contributed by atoms with E-state index >= 15 is 0 Å². The van der Waals surface area contributed by atoms with E-state index in [0.29, 0.717) is 5.92 Å². The van der Waals surface area contributed by atoms with E-state index in [-0.39, 0.29) is 0 Å². The Morgan fingerprint density at radius 2 is 2.00 bits per heavy atom. The topological polar surface area (TPSA) is 42.7 Å². The second-order valence-corrected chi connectivity index (χ2v) is 5.79. The largest absolute Gasteiger partial charge is 0.313 e. The summed E-state index contributed by atoms with van der Waals surface area (Å²) in [6.45, 7) is 7.58. The molecule has 4 heteroatoms. The third-order valence-corrected chi connectivity index (χ3v) is 4.04. The molecule has 1 fully saturated rings. The molecule has 0 saturated heterocycles. The number of nitrogens with one attached hydrogen (secondary N) is 1. The zero-order valence-corrected chi connectivity index (χ0v) is 12.4. The summed E-state index contributed by atoms with van der Waals surface area (Å²) in [6, 6.07) is 4.75. The lowest BCUT2D eigenvalue weighted by molar-refractivity contribution is 0.608. The minimum atomic E-state index is 0.492. The molecule has 0 radical (unpaired) electrons. The van der Waals surface area contributed by atoms with Crippen LogP contribution in [0.4, 0.5) is 0 Å². The predicted octanol–water partition coefficient (Wildman–Crippen LogP) is 2.74. The summed E-state index contributed by atoms with van der Waals surface area (Å²) in [4.78, 5) is 4.07. The number of hydrogen-bond acceptors (Lipinski definition) is 3. The maximum absolute atomic E-state index is 4.71. The van der Waals surface area contributed by atoms with Crippen molar-refractivity contribution in [1.29, 1.82) is 0 Å². The van der Waals surface area contributed by atoms with E-state index in [1.807, 2.05) is 29.2 Å². The van der Waals surface area contributed by atoms with Crippen LogP contribution in [0.5, 0.6) is 0 Å². The van der Waals surface area contributed by atoms with Crippen LogP contribution in [-0.4, -0.2) is 27.4 Å². The molecule has 1 aliphatic carbocycles. The lowest BCUT2D eigenvalue weighted by Gasteiger charge is -2.13. The van der Waals surface area contributed by atoms with Gasteiger partial charge < -0.3 is 5.32 Å². The lowest BCUT2D eigenvalue weighted by Crippen LogP contribution is -2.22. The monoisotopic (exact) mass is 270 g/mol. The van der Waals surface area contributed by atoms with Gasteiger partial charge in [-0.15, -0.1) is 0 Å². The van der Waals surface area contributed by atoms with Gasteiger partial charge in [0.2, 0.25) is 0 Å². The zero-order valence-electron chi connectivity index (χ0n) is 12.4. The van der Waals surface area contributed by atoms with Crippen molar-refractivity contribution in [3.8, 4) is 5.69 Å². The van der Waals surface area contributed by atoms with Crippen molar-refractivity contribution in [2.24, 2.45) is 0 Å². The normalized spacial score (nSPS) is 16.4. The molecular formula is C16H22N4. The van der Waals surface area contributed by atoms with Crippen molar-refractivity contribution in [3.05, 3.63) is 41.5 Å². The van der Waals surface area contributed by atoms with Crippen molar-refractivity contribution >= 4 is 0 Å². The first kappa shape index (κ1) is 13.3. The lowest BCUT2D eigenvalue weighted by atomic mass is 9.99. The van der Waals surface area contributed by atoms with Crippen LogP contribution in [0.25, 0.3) is 5.69 Å². The van der Waals surface area contributed by atoms with Crippen LogP contribution in [0.15, 0.2) is 24.5 Å². The van der Waals surface area contributed by atoms with Crippen molar-refractivity contribution in [3.63, 3.8) is 0 Å². The highest BCUT2D eigenvalue weighted by atomic mass is 15.3. The molecule has 0 amide bonds. The third-order valence-electron chi connectivity index (χ3n) is 4.04. The van der Waals surface area contributed by atoms with Crippen molar-refractivity contribution in [2.75, 3.05) is 6.54 Å². The zero-order chi connectivity index (χ0) is 14.1. The van der Waals surface area contributed by atoms with E-state index in [0.717, 1.165) is 24.0 Å². The van der Waals surface area contributed by atoms with E-state index < -0.39 is 0 Å². The molecule has 1 aliphatic rings. The summed E-state index contributed by atoms with van der Waals surface area (Å²) in [5.41, 5.74) is 4.81. The van der Waals surface area contributed by atoms with Gasteiger partial charge in [-0.2, -0.15) is 5.10 Å². The summed E-state index contributed by atoms with van der Waals surface area (Å²) in [6.07, 6.45) is 6.29. The third kappa shape index (κ3) is 2.61. The Morgan fingerprint density at radius 3 is 2.65 bits per heavy atom. The summed E-state index contributed by atoms with van der Waals surface area (Å²) < 4.78 is 2.03. The average molecular weight is 270 g/mol. The molecule has 4 nitrogen and oxygen atoms in total. The van der Waals surface area contributed by atoms with Crippen LogP contribution in [0.2, 0.25) is 0 Å². The van der Waals surface area contributed by atoms with Gasteiger partial charge in [-0.05, 0) is 44.7 Å². The summed E-state index contributed by atoms with van der Waals surface area (Å²) in [5, 5.41) is 8.32. The van der Waals surface area contributed by atoms with E-state index in [9.17, 15) is 0 Å². The van der Waals surface area contributed by atoms with E-state index in [2.05, 4.69) is 31.1 Å². The first-order chi connectivity index (χ1) is 9.66. The van der Waals surface area contributed by atoms with Crippen LogP contribution in [0, 0.1) is 13.8 Å². The van der Waals surface area contributed by atoms with Gasteiger partial charge in [0.25, 0.3) is 0 Å². The van der Waals surface area contributed by atoms with Crippen LogP contribution in [0.1, 0.15) is 42.6 Å². The van der Waals surface area contributed by atoms with Crippen molar-refractivity contribution in [1.82, 2.24) is 20.1 Å². The van der Waals surface area contributed by atoms with Gasteiger partial charge in [-0.25, -0.2) is 4.68 Å². The van der Waals surface area contributed by atoms with Gasteiger partial charge in [0, 0.05) is 36.2 Å². The van der Waals surface area contributed by atoms with Gasteiger partial charge in [-0.1, -0.05) is 6.92 Å².